The minimum Gasteiger partial charge on any atom is -0.454 e. The lowest BCUT2D eigenvalue weighted by atomic mass is 10.1. The first-order valence-corrected chi connectivity index (χ1v) is 8.19. The molecule has 1 aliphatic rings. The van der Waals surface area contributed by atoms with Gasteiger partial charge in [-0.05, 0) is 30.2 Å². The first-order chi connectivity index (χ1) is 12.1. The molecule has 2 aromatic rings. The Labute approximate surface area is 150 Å². The zero-order chi connectivity index (χ0) is 17.6. The van der Waals surface area contributed by atoms with E-state index >= 15 is 0 Å². The van der Waals surface area contributed by atoms with Crippen LogP contribution in [-0.4, -0.2) is 25.2 Å². The fourth-order valence-electron chi connectivity index (χ4n) is 2.40. The topological polar surface area (TPSA) is 76.7 Å². The Morgan fingerprint density at radius 2 is 1.84 bits per heavy atom. The quantitative estimate of drug-likeness (QED) is 0.830. The average Bonchev–Trinajstić information content (AvgIpc) is 3.07. The maximum Gasteiger partial charge on any atom is 0.243 e. The molecule has 0 atom stereocenters. The third kappa shape index (κ3) is 4.64. The van der Waals surface area contributed by atoms with Gasteiger partial charge in [-0.2, -0.15) is 0 Å². The number of fused-ring (bicyclic) bond motifs is 1. The molecule has 0 radical (unpaired) electrons. The molecule has 6 nitrogen and oxygen atoms in total. The summed E-state index contributed by atoms with van der Waals surface area (Å²) in [5.74, 6) is 0.707. The van der Waals surface area contributed by atoms with Crippen LogP contribution in [0.2, 0.25) is 5.02 Å². The van der Waals surface area contributed by atoms with Crippen LogP contribution >= 0.6 is 11.6 Å². The zero-order valence-corrected chi connectivity index (χ0v) is 14.1. The zero-order valence-electron chi connectivity index (χ0n) is 13.4. The highest BCUT2D eigenvalue weighted by Gasteiger charge is 2.14. The van der Waals surface area contributed by atoms with E-state index in [0.29, 0.717) is 28.6 Å². The summed E-state index contributed by atoms with van der Waals surface area (Å²) in [6, 6.07) is 12.5. The van der Waals surface area contributed by atoms with Crippen LogP contribution in [0, 0.1) is 0 Å². The normalized spacial score (nSPS) is 11.9. The first kappa shape index (κ1) is 17.1. The summed E-state index contributed by atoms with van der Waals surface area (Å²) >= 11 is 6.05. The Balaban J connectivity index is 1.42. The van der Waals surface area contributed by atoms with Crippen LogP contribution in [0.15, 0.2) is 42.5 Å². The summed E-state index contributed by atoms with van der Waals surface area (Å²) in [5, 5.41) is 5.93. The Morgan fingerprint density at radius 3 is 2.68 bits per heavy atom. The van der Waals surface area contributed by atoms with Gasteiger partial charge in [0.2, 0.25) is 18.6 Å². The van der Waals surface area contributed by atoms with E-state index in [-0.39, 0.29) is 31.6 Å². The second-order valence-corrected chi connectivity index (χ2v) is 5.89. The molecule has 0 saturated carbocycles. The number of anilines is 1. The average molecular weight is 361 g/mol. The molecule has 2 amide bonds. The van der Waals surface area contributed by atoms with Crippen molar-refractivity contribution in [2.75, 3.05) is 18.7 Å². The van der Waals surface area contributed by atoms with E-state index in [2.05, 4.69) is 10.6 Å². The van der Waals surface area contributed by atoms with Crippen LogP contribution in [0.1, 0.15) is 12.0 Å². The van der Waals surface area contributed by atoms with Gasteiger partial charge in [-0.3, -0.25) is 9.59 Å². The molecule has 25 heavy (non-hydrogen) atoms. The van der Waals surface area contributed by atoms with E-state index in [1.165, 1.54) is 0 Å². The van der Waals surface area contributed by atoms with Crippen molar-refractivity contribution < 1.29 is 19.1 Å². The Kier molecular flexibility index (Phi) is 5.40. The standard InChI is InChI=1S/C18H17ClN2O4/c19-14-4-2-1-3-12(14)5-8-17(22)20-10-18(23)21-13-6-7-15-16(9-13)25-11-24-15/h1-4,6-7,9H,5,8,10-11H2,(H,20,22)(H,21,23). The van der Waals surface area contributed by atoms with E-state index in [1.54, 1.807) is 24.3 Å². The summed E-state index contributed by atoms with van der Waals surface area (Å²) < 4.78 is 10.5. The van der Waals surface area contributed by atoms with E-state index in [0.717, 1.165) is 5.56 Å². The van der Waals surface area contributed by atoms with Crippen molar-refractivity contribution in [3.05, 3.63) is 53.1 Å². The van der Waals surface area contributed by atoms with Gasteiger partial charge in [0.25, 0.3) is 0 Å². The highest BCUT2D eigenvalue weighted by molar-refractivity contribution is 6.31. The second-order valence-electron chi connectivity index (χ2n) is 5.48. The fraction of sp³-hybridized carbons (Fsp3) is 0.222. The van der Waals surface area contributed by atoms with Crippen molar-refractivity contribution in [1.29, 1.82) is 0 Å². The number of amides is 2. The van der Waals surface area contributed by atoms with Crippen LogP contribution in [0.4, 0.5) is 5.69 Å². The van der Waals surface area contributed by atoms with Gasteiger partial charge in [-0.15, -0.1) is 0 Å². The van der Waals surface area contributed by atoms with Gasteiger partial charge in [0.15, 0.2) is 11.5 Å². The van der Waals surface area contributed by atoms with Gasteiger partial charge in [0.1, 0.15) is 0 Å². The van der Waals surface area contributed by atoms with E-state index in [4.69, 9.17) is 21.1 Å². The molecule has 2 aromatic carbocycles. The highest BCUT2D eigenvalue weighted by atomic mass is 35.5. The fourth-order valence-corrected chi connectivity index (χ4v) is 2.63. The number of nitrogens with one attached hydrogen (secondary N) is 2. The van der Waals surface area contributed by atoms with Gasteiger partial charge < -0.3 is 20.1 Å². The lowest BCUT2D eigenvalue weighted by Gasteiger charge is -2.08. The predicted octanol–water partition coefficient (Wildman–Crippen LogP) is 2.76. The Hall–Kier alpha value is -2.73. The van der Waals surface area contributed by atoms with Gasteiger partial charge in [0.05, 0.1) is 6.54 Å². The number of hydrogen-bond acceptors (Lipinski definition) is 4. The van der Waals surface area contributed by atoms with Crippen LogP contribution in [0.3, 0.4) is 0 Å². The van der Waals surface area contributed by atoms with Gasteiger partial charge >= 0.3 is 0 Å². The predicted molar refractivity (Wildman–Crippen MR) is 94.0 cm³/mol. The van der Waals surface area contributed by atoms with Crippen LogP contribution < -0.4 is 20.1 Å². The van der Waals surface area contributed by atoms with Crippen LogP contribution in [0.25, 0.3) is 0 Å². The monoisotopic (exact) mass is 360 g/mol. The summed E-state index contributed by atoms with van der Waals surface area (Å²) in [4.78, 5) is 23.8. The molecule has 7 heteroatoms. The number of carbonyl (C=O) groups is 2. The maximum absolute atomic E-state index is 11.9. The van der Waals surface area contributed by atoms with Gasteiger partial charge in [0, 0.05) is 23.2 Å². The van der Waals surface area contributed by atoms with E-state index < -0.39 is 0 Å². The van der Waals surface area contributed by atoms with Crippen molar-refractivity contribution in [1.82, 2.24) is 5.32 Å². The smallest absolute Gasteiger partial charge is 0.243 e. The molecule has 0 fully saturated rings. The van der Waals surface area contributed by atoms with Crippen molar-refractivity contribution in [3.8, 4) is 11.5 Å². The SMILES string of the molecule is O=C(CCc1ccccc1Cl)NCC(=O)Nc1ccc2c(c1)OCO2. The largest absolute Gasteiger partial charge is 0.454 e. The number of ether oxygens (including phenoxy) is 2. The molecule has 0 unspecified atom stereocenters. The number of hydrogen-bond donors (Lipinski definition) is 2. The molecule has 1 aliphatic heterocycles. The minimum absolute atomic E-state index is 0.101. The number of halogens is 1. The molecule has 0 aromatic heterocycles. The molecular formula is C18H17ClN2O4. The molecule has 3 rings (SSSR count). The van der Waals surface area contributed by atoms with Crippen LogP contribution in [0.5, 0.6) is 11.5 Å². The first-order valence-electron chi connectivity index (χ1n) is 7.81. The second kappa shape index (κ2) is 7.90. The number of benzene rings is 2. The summed E-state index contributed by atoms with van der Waals surface area (Å²) in [6.45, 7) is 0.0734. The third-order valence-electron chi connectivity index (χ3n) is 3.68. The van der Waals surface area contributed by atoms with Crippen molar-refractivity contribution >= 4 is 29.1 Å². The van der Waals surface area contributed by atoms with E-state index in [1.807, 2.05) is 18.2 Å². The third-order valence-corrected chi connectivity index (χ3v) is 4.05. The molecular weight excluding hydrogens is 344 g/mol. The number of rotatable bonds is 6. The van der Waals surface area contributed by atoms with Crippen molar-refractivity contribution in [2.24, 2.45) is 0 Å². The lowest BCUT2D eigenvalue weighted by Crippen LogP contribution is -2.32. The van der Waals surface area contributed by atoms with E-state index in [9.17, 15) is 9.59 Å². The van der Waals surface area contributed by atoms with Crippen LogP contribution in [-0.2, 0) is 16.0 Å². The molecule has 2 N–H and O–H groups in total. The Bertz CT molecular complexity index is 794. The maximum atomic E-state index is 11.9. The van der Waals surface area contributed by atoms with Crippen molar-refractivity contribution in [2.45, 2.75) is 12.8 Å². The molecule has 0 aliphatic carbocycles. The minimum atomic E-state index is -0.315. The summed E-state index contributed by atoms with van der Waals surface area (Å²) in [5.41, 5.74) is 1.49. The molecule has 0 bridgehead atoms. The lowest BCUT2D eigenvalue weighted by molar-refractivity contribution is -0.124. The van der Waals surface area contributed by atoms with Gasteiger partial charge in [-0.1, -0.05) is 29.8 Å². The summed E-state index contributed by atoms with van der Waals surface area (Å²) in [6.07, 6.45) is 0.788. The van der Waals surface area contributed by atoms with Gasteiger partial charge in [-0.25, -0.2) is 0 Å². The highest BCUT2D eigenvalue weighted by Crippen LogP contribution is 2.34. The Morgan fingerprint density at radius 1 is 1.04 bits per heavy atom. The molecule has 1 heterocycles. The molecule has 0 saturated heterocycles. The number of aryl methyl sites for hydroxylation is 1. The van der Waals surface area contributed by atoms with Crippen molar-refractivity contribution in [3.63, 3.8) is 0 Å². The molecule has 0 spiro atoms. The molecule has 130 valence electrons. The summed E-state index contributed by atoms with van der Waals surface area (Å²) in [7, 11) is 0. The number of carbonyl (C=O) groups excluding carboxylic acids is 2.